The summed E-state index contributed by atoms with van der Waals surface area (Å²) in [6.07, 6.45) is 6.13. The Balaban J connectivity index is 2.07. The van der Waals surface area contributed by atoms with Crippen molar-refractivity contribution in [2.45, 2.75) is 39.0 Å². The molecule has 1 fully saturated rings. The van der Waals surface area contributed by atoms with Gasteiger partial charge in [0.15, 0.2) is 0 Å². The van der Waals surface area contributed by atoms with Gasteiger partial charge >= 0.3 is 0 Å². The number of halogens is 1. The molecule has 3 rings (SSSR count). The van der Waals surface area contributed by atoms with Crippen molar-refractivity contribution >= 4 is 44.3 Å². The van der Waals surface area contributed by atoms with Crippen LogP contribution in [0, 0.1) is 0 Å². The van der Waals surface area contributed by atoms with Gasteiger partial charge in [-0.1, -0.05) is 6.42 Å². The van der Waals surface area contributed by atoms with Crippen molar-refractivity contribution in [2.24, 2.45) is 10.1 Å². The van der Waals surface area contributed by atoms with Gasteiger partial charge in [-0.2, -0.15) is 5.10 Å². The van der Waals surface area contributed by atoms with E-state index in [1.807, 2.05) is 4.68 Å². The SMILES string of the molecule is CCN=c1scc(-c2ccc(Br)s2)n1N=C1CCCCC1. The molecule has 0 spiro atoms. The van der Waals surface area contributed by atoms with Crippen molar-refractivity contribution in [1.29, 1.82) is 0 Å². The number of thiazole rings is 1. The maximum atomic E-state index is 4.92. The molecule has 0 radical (unpaired) electrons. The fourth-order valence-electron chi connectivity index (χ4n) is 2.46. The van der Waals surface area contributed by atoms with E-state index in [4.69, 9.17) is 5.10 Å². The molecule has 2 heterocycles. The number of rotatable bonds is 3. The lowest BCUT2D eigenvalue weighted by Crippen LogP contribution is -2.16. The Bertz CT molecular complexity index is 701. The second-order valence-electron chi connectivity index (χ2n) is 5.02. The minimum Gasteiger partial charge on any atom is -0.258 e. The Morgan fingerprint density at radius 2 is 2.05 bits per heavy atom. The van der Waals surface area contributed by atoms with Crippen LogP contribution in [0.1, 0.15) is 39.0 Å². The molecule has 112 valence electrons. The van der Waals surface area contributed by atoms with Gasteiger partial charge in [-0.05, 0) is 60.7 Å². The summed E-state index contributed by atoms with van der Waals surface area (Å²) < 4.78 is 3.20. The van der Waals surface area contributed by atoms with E-state index in [0.717, 1.165) is 33.7 Å². The first-order valence-electron chi connectivity index (χ1n) is 7.31. The molecule has 21 heavy (non-hydrogen) atoms. The number of aromatic nitrogens is 1. The molecule has 0 atom stereocenters. The van der Waals surface area contributed by atoms with E-state index in [-0.39, 0.29) is 0 Å². The molecule has 2 aromatic rings. The van der Waals surface area contributed by atoms with Crippen LogP contribution in [0.15, 0.2) is 31.4 Å². The van der Waals surface area contributed by atoms with Crippen molar-refractivity contribution in [1.82, 2.24) is 4.68 Å². The van der Waals surface area contributed by atoms with Gasteiger partial charge in [0.2, 0.25) is 4.80 Å². The van der Waals surface area contributed by atoms with Gasteiger partial charge in [-0.25, -0.2) is 4.68 Å². The van der Waals surface area contributed by atoms with Crippen LogP contribution < -0.4 is 4.80 Å². The monoisotopic (exact) mass is 383 g/mol. The molecule has 1 aliphatic carbocycles. The van der Waals surface area contributed by atoms with Crippen LogP contribution in [-0.4, -0.2) is 16.9 Å². The van der Waals surface area contributed by atoms with E-state index in [1.54, 1.807) is 22.7 Å². The van der Waals surface area contributed by atoms with Crippen molar-refractivity contribution < 1.29 is 0 Å². The highest BCUT2D eigenvalue weighted by atomic mass is 79.9. The molecule has 1 saturated carbocycles. The van der Waals surface area contributed by atoms with Gasteiger partial charge in [0.1, 0.15) is 0 Å². The molecule has 0 unspecified atom stereocenters. The number of hydrogen-bond donors (Lipinski definition) is 0. The van der Waals surface area contributed by atoms with Crippen LogP contribution >= 0.6 is 38.6 Å². The normalized spacial score (nSPS) is 16.5. The second-order valence-corrected chi connectivity index (χ2v) is 8.32. The largest absolute Gasteiger partial charge is 0.258 e. The second kappa shape index (κ2) is 7.03. The first-order valence-corrected chi connectivity index (χ1v) is 9.80. The number of hydrogen-bond acceptors (Lipinski definition) is 4. The number of thiophene rings is 1. The number of nitrogens with zero attached hydrogens (tertiary/aromatic N) is 3. The molecule has 0 bridgehead atoms. The van der Waals surface area contributed by atoms with E-state index in [9.17, 15) is 0 Å². The highest BCUT2D eigenvalue weighted by molar-refractivity contribution is 9.11. The van der Waals surface area contributed by atoms with Crippen molar-refractivity contribution in [3.8, 4) is 10.6 Å². The lowest BCUT2D eigenvalue weighted by Gasteiger charge is -2.12. The van der Waals surface area contributed by atoms with Crippen molar-refractivity contribution in [2.75, 3.05) is 6.54 Å². The molecule has 0 saturated heterocycles. The third-order valence-electron chi connectivity index (χ3n) is 3.48. The molecule has 0 amide bonds. The fourth-order valence-corrected chi connectivity index (χ4v) is 4.81. The molecule has 0 aromatic carbocycles. The van der Waals surface area contributed by atoms with Gasteiger partial charge in [0.05, 0.1) is 14.4 Å². The molecule has 2 aromatic heterocycles. The topological polar surface area (TPSA) is 29.6 Å². The smallest absolute Gasteiger partial charge is 0.206 e. The fraction of sp³-hybridized carbons (Fsp3) is 0.467. The van der Waals surface area contributed by atoms with Crippen LogP contribution in [0.4, 0.5) is 0 Å². The van der Waals surface area contributed by atoms with Crippen LogP contribution in [0.25, 0.3) is 10.6 Å². The maximum absolute atomic E-state index is 4.92. The van der Waals surface area contributed by atoms with Crippen molar-refractivity contribution in [3.05, 3.63) is 26.1 Å². The standard InChI is InChI=1S/C15H18BrN3S2/c1-2-17-15-19(18-11-6-4-3-5-7-11)12(10-20-15)13-8-9-14(16)21-13/h8-10H,2-7H2,1H3. The average molecular weight is 384 g/mol. The zero-order valence-corrected chi connectivity index (χ0v) is 15.2. The summed E-state index contributed by atoms with van der Waals surface area (Å²) in [5.74, 6) is 0. The summed E-state index contributed by atoms with van der Waals surface area (Å²) in [6.45, 7) is 2.86. The minimum absolute atomic E-state index is 0.791. The van der Waals surface area contributed by atoms with Gasteiger partial charge in [0.25, 0.3) is 0 Å². The Labute approximate surface area is 141 Å². The van der Waals surface area contributed by atoms with Crippen LogP contribution in [0.3, 0.4) is 0 Å². The Morgan fingerprint density at radius 3 is 2.71 bits per heavy atom. The highest BCUT2D eigenvalue weighted by Crippen LogP contribution is 2.31. The average Bonchev–Trinajstić information content (AvgIpc) is 3.08. The summed E-state index contributed by atoms with van der Waals surface area (Å²) in [5, 5.41) is 7.09. The Kier molecular flexibility index (Phi) is 5.08. The predicted molar refractivity (Wildman–Crippen MR) is 95.3 cm³/mol. The quantitative estimate of drug-likeness (QED) is 0.702. The van der Waals surface area contributed by atoms with E-state index in [0.29, 0.717) is 0 Å². The van der Waals surface area contributed by atoms with E-state index < -0.39 is 0 Å². The Hall–Kier alpha value is -0.720. The third-order valence-corrected chi connectivity index (χ3v) is 5.98. The molecule has 3 nitrogen and oxygen atoms in total. The lowest BCUT2D eigenvalue weighted by molar-refractivity contribution is 0.655. The van der Waals surface area contributed by atoms with Crippen LogP contribution in [0.2, 0.25) is 0 Å². The first-order chi connectivity index (χ1) is 10.3. The summed E-state index contributed by atoms with van der Waals surface area (Å²) in [7, 11) is 0. The summed E-state index contributed by atoms with van der Waals surface area (Å²) in [5.41, 5.74) is 2.47. The Morgan fingerprint density at radius 1 is 1.24 bits per heavy atom. The minimum atomic E-state index is 0.791. The first kappa shape index (κ1) is 15.2. The van der Waals surface area contributed by atoms with Crippen molar-refractivity contribution in [3.63, 3.8) is 0 Å². The third kappa shape index (κ3) is 3.55. The lowest BCUT2D eigenvalue weighted by atomic mass is 9.99. The van der Waals surface area contributed by atoms with Crippen LogP contribution in [-0.2, 0) is 0 Å². The van der Waals surface area contributed by atoms with E-state index in [1.165, 1.54) is 29.9 Å². The van der Waals surface area contributed by atoms with E-state index in [2.05, 4.69) is 45.4 Å². The van der Waals surface area contributed by atoms with Gasteiger partial charge < -0.3 is 0 Å². The predicted octanol–water partition coefficient (Wildman–Crippen LogP) is 5.13. The summed E-state index contributed by atoms with van der Waals surface area (Å²) >= 11 is 6.96. The van der Waals surface area contributed by atoms with Gasteiger partial charge in [-0.3, -0.25) is 4.99 Å². The zero-order chi connectivity index (χ0) is 14.7. The molecular weight excluding hydrogens is 366 g/mol. The van der Waals surface area contributed by atoms with Gasteiger partial charge in [-0.15, -0.1) is 22.7 Å². The molecular formula is C15H18BrN3S2. The highest BCUT2D eigenvalue weighted by Gasteiger charge is 2.12. The molecule has 6 heteroatoms. The van der Waals surface area contributed by atoms with E-state index >= 15 is 0 Å². The van der Waals surface area contributed by atoms with Crippen LogP contribution in [0.5, 0.6) is 0 Å². The summed E-state index contributed by atoms with van der Waals surface area (Å²) in [4.78, 5) is 6.82. The summed E-state index contributed by atoms with van der Waals surface area (Å²) in [6, 6.07) is 4.23. The maximum Gasteiger partial charge on any atom is 0.206 e. The zero-order valence-electron chi connectivity index (χ0n) is 12.0. The molecule has 0 N–H and O–H groups in total. The molecule has 1 aliphatic rings. The van der Waals surface area contributed by atoms with Gasteiger partial charge in [0, 0.05) is 17.6 Å². The molecule has 0 aliphatic heterocycles.